The summed E-state index contributed by atoms with van der Waals surface area (Å²) in [6.45, 7) is 3.55. The average molecular weight is 387 g/mol. The van der Waals surface area contributed by atoms with Crippen molar-refractivity contribution in [3.8, 4) is 11.1 Å². The Morgan fingerprint density at radius 3 is 2.41 bits per heavy atom. The summed E-state index contributed by atoms with van der Waals surface area (Å²) in [4.78, 5) is 31.1. The van der Waals surface area contributed by atoms with Crippen LogP contribution in [0.4, 0.5) is 5.69 Å². The van der Waals surface area contributed by atoms with E-state index in [1.165, 1.54) is 0 Å². The molecule has 148 valence electrons. The first-order chi connectivity index (χ1) is 14.0. The number of carbonyl (C=O) groups excluding carboxylic acids is 2. The monoisotopic (exact) mass is 387 g/mol. The zero-order chi connectivity index (χ0) is 20.4. The molecule has 1 saturated heterocycles. The molecule has 0 unspecified atom stereocenters. The van der Waals surface area contributed by atoms with Crippen molar-refractivity contribution in [3.05, 3.63) is 59.2 Å². The summed E-state index contributed by atoms with van der Waals surface area (Å²) >= 11 is 0. The molecule has 2 heterocycles. The molecule has 2 aromatic carbocycles. The Bertz CT molecular complexity index is 1010. The first-order valence-electron chi connectivity index (χ1n) is 10.2. The largest absolute Gasteiger partial charge is 0.387 e. The van der Waals surface area contributed by atoms with Crippen LogP contribution in [0.2, 0.25) is 0 Å². The van der Waals surface area contributed by atoms with Crippen molar-refractivity contribution < 1.29 is 9.59 Å². The quantitative estimate of drug-likeness (QED) is 0.848. The van der Waals surface area contributed by atoms with Crippen LogP contribution in [0.15, 0.2) is 53.0 Å². The minimum Gasteiger partial charge on any atom is -0.387 e. The van der Waals surface area contributed by atoms with E-state index in [-0.39, 0.29) is 11.7 Å². The van der Waals surface area contributed by atoms with Crippen LogP contribution in [0.1, 0.15) is 48.5 Å². The minimum absolute atomic E-state index is 0.0891. The predicted octanol–water partition coefficient (Wildman–Crippen LogP) is 4.34. The summed E-state index contributed by atoms with van der Waals surface area (Å²) in [6.07, 6.45) is 4.90. The molecule has 5 heteroatoms. The molecule has 2 aliphatic heterocycles. The van der Waals surface area contributed by atoms with Gasteiger partial charge in [0.1, 0.15) is 5.84 Å². The van der Waals surface area contributed by atoms with E-state index < -0.39 is 0 Å². The number of hydrogen-bond donors (Lipinski definition) is 1. The molecule has 4 rings (SSSR count). The summed E-state index contributed by atoms with van der Waals surface area (Å²) in [5.41, 5.74) is 11.1. The van der Waals surface area contributed by atoms with Gasteiger partial charge in [-0.15, -0.1) is 0 Å². The highest BCUT2D eigenvalue weighted by Gasteiger charge is 2.19. The molecule has 29 heavy (non-hydrogen) atoms. The number of fused-ring (bicyclic) bond motifs is 1. The normalized spacial score (nSPS) is 16.0. The van der Waals surface area contributed by atoms with Gasteiger partial charge in [-0.2, -0.15) is 0 Å². The number of nitrogens with two attached hydrogens (primary N) is 1. The molecule has 0 radical (unpaired) electrons. The highest BCUT2D eigenvalue weighted by Crippen LogP contribution is 2.32. The van der Waals surface area contributed by atoms with Gasteiger partial charge < -0.3 is 10.6 Å². The molecule has 0 aliphatic carbocycles. The smallest absolute Gasteiger partial charge is 0.253 e. The summed E-state index contributed by atoms with van der Waals surface area (Å²) in [7, 11) is 0. The van der Waals surface area contributed by atoms with Gasteiger partial charge in [0.05, 0.1) is 5.69 Å². The number of amidine groups is 1. The lowest BCUT2D eigenvalue weighted by Crippen LogP contribution is -2.27. The number of benzene rings is 2. The zero-order valence-corrected chi connectivity index (χ0v) is 16.6. The van der Waals surface area contributed by atoms with Crippen molar-refractivity contribution in [3.63, 3.8) is 0 Å². The van der Waals surface area contributed by atoms with Crippen LogP contribution in [0, 0.1) is 0 Å². The van der Waals surface area contributed by atoms with Crippen molar-refractivity contribution in [1.29, 1.82) is 0 Å². The minimum atomic E-state index is 0.0891. The second-order valence-corrected chi connectivity index (χ2v) is 7.58. The molecule has 1 amide bonds. The maximum atomic E-state index is 12.5. The van der Waals surface area contributed by atoms with Crippen LogP contribution in [-0.2, 0) is 4.79 Å². The van der Waals surface area contributed by atoms with Crippen LogP contribution in [0.25, 0.3) is 17.2 Å². The fourth-order valence-corrected chi connectivity index (χ4v) is 3.89. The van der Waals surface area contributed by atoms with Gasteiger partial charge in [-0.3, -0.25) is 9.59 Å². The van der Waals surface area contributed by atoms with E-state index in [9.17, 15) is 9.59 Å². The highest BCUT2D eigenvalue weighted by atomic mass is 16.2. The number of hydrogen-bond acceptors (Lipinski definition) is 4. The topological polar surface area (TPSA) is 75.8 Å². The molecule has 0 bridgehead atoms. The molecule has 2 N–H and O–H groups in total. The fraction of sp³-hybridized carbons (Fsp3) is 0.292. The van der Waals surface area contributed by atoms with E-state index in [0.29, 0.717) is 24.3 Å². The summed E-state index contributed by atoms with van der Waals surface area (Å²) in [6, 6.07) is 13.7. The first-order valence-corrected chi connectivity index (χ1v) is 10.2. The van der Waals surface area contributed by atoms with Crippen molar-refractivity contribution >= 4 is 29.3 Å². The van der Waals surface area contributed by atoms with Gasteiger partial charge in [-0.1, -0.05) is 25.1 Å². The summed E-state index contributed by atoms with van der Waals surface area (Å²) in [5, 5.41) is 0. The van der Waals surface area contributed by atoms with Crippen molar-refractivity contribution in [2.45, 2.75) is 32.6 Å². The Morgan fingerprint density at radius 1 is 1.03 bits per heavy atom. The molecular weight excluding hydrogens is 362 g/mol. The molecule has 2 aliphatic rings. The summed E-state index contributed by atoms with van der Waals surface area (Å²) < 4.78 is 0. The Balaban J connectivity index is 1.64. The zero-order valence-electron chi connectivity index (χ0n) is 16.6. The second kappa shape index (κ2) is 8.03. The molecule has 0 saturated carbocycles. The fourth-order valence-electron chi connectivity index (χ4n) is 3.89. The number of rotatable bonds is 4. The third-order valence-corrected chi connectivity index (χ3v) is 5.53. The standard InChI is InChI=1S/C24H25N3O2/c1-2-22(28)20-14-19-13-18(9-10-21(19)26-23(25)15-20)16-5-7-17(8-6-16)24(29)27-11-3-4-12-27/h5-10,13-14H,2-4,11-12,15H2,1H3,(H2,25,26). The van der Waals surface area contributed by atoms with Gasteiger partial charge in [-0.25, -0.2) is 4.99 Å². The number of nitrogens with zero attached hydrogens (tertiary/aromatic N) is 2. The number of amides is 1. The van der Waals surface area contributed by atoms with Crippen molar-refractivity contribution in [1.82, 2.24) is 4.90 Å². The van der Waals surface area contributed by atoms with Crippen LogP contribution < -0.4 is 5.73 Å². The molecule has 5 nitrogen and oxygen atoms in total. The highest BCUT2D eigenvalue weighted by molar-refractivity contribution is 6.06. The third kappa shape index (κ3) is 3.99. The number of Topliss-reactive ketones (excluding diaryl/α,β-unsaturated/α-hetero) is 1. The first kappa shape index (κ1) is 19.1. The Kier molecular flexibility index (Phi) is 5.30. The lowest BCUT2D eigenvalue weighted by Gasteiger charge is -2.15. The van der Waals surface area contributed by atoms with E-state index in [1.54, 1.807) is 0 Å². The van der Waals surface area contributed by atoms with Crippen molar-refractivity contribution in [2.24, 2.45) is 10.7 Å². The summed E-state index contributed by atoms with van der Waals surface area (Å²) in [5.74, 6) is 0.645. The van der Waals surface area contributed by atoms with Crippen LogP contribution in [-0.4, -0.2) is 35.5 Å². The maximum Gasteiger partial charge on any atom is 0.253 e. The van der Waals surface area contributed by atoms with E-state index in [0.717, 1.165) is 53.9 Å². The van der Waals surface area contributed by atoms with E-state index in [4.69, 9.17) is 5.73 Å². The number of likely N-dealkylation sites (tertiary alicyclic amines) is 1. The van der Waals surface area contributed by atoms with Gasteiger partial charge in [0, 0.05) is 42.6 Å². The SMILES string of the molecule is CCC(=O)C1=Cc2cc(-c3ccc(C(=O)N4CCCC4)cc3)ccc2N=C(N)C1. The lowest BCUT2D eigenvalue weighted by molar-refractivity contribution is -0.115. The van der Waals surface area contributed by atoms with Gasteiger partial charge in [-0.05, 0) is 54.3 Å². The van der Waals surface area contributed by atoms with Gasteiger partial charge >= 0.3 is 0 Å². The van der Waals surface area contributed by atoms with Crippen LogP contribution in [0.5, 0.6) is 0 Å². The number of carbonyl (C=O) groups is 2. The molecule has 2 aromatic rings. The Hall–Kier alpha value is -3.21. The van der Waals surface area contributed by atoms with E-state index in [2.05, 4.69) is 4.99 Å². The van der Waals surface area contributed by atoms with Crippen LogP contribution in [0.3, 0.4) is 0 Å². The molecule has 0 aromatic heterocycles. The Labute approximate surface area is 170 Å². The molecular formula is C24H25N3O2. The Morgan fingerprint density at radius 2 is 1.72 bits per heavy atom. The lowest BCUT2D eigenvalue weighted by atomic mass is 9.98. The second-order valence-electron chi connectivity index (χ2n) is 7.58. The van der Waals surface area contributed by atoms with Gasteiger partial charge in [0.15, 0.2) is 5.78 Å². The number of aliphatic imine (C=N–C) groups is 1. The van der Waals surface area contributed by atoms with Crippen molar-refractivity contribution in [2.75, 3.05) is 13.1 Å². The number of ketones is 1. The molecule has 0 spiro atoms. The molecule has 1 fully saturated rings. The average Bonchev–Trinajstić information content (AvgIpc) is 3.22. The predicted molar refractivity (Wildman–Crippen MR) is 116 cm³/mol. The van der Waals surface area contributed by atoms with E-state index in [1.807, 2.05) is 60.4 Å². The molecule has 0 atom stereocenters. The van der Waals surface area contributed by atoms with Gasteiger partial charge in [0.2, 0.25) is 0 Å². The van der Waals surface area contributed by atoms with Gasteiger partial charge in [0.25, 0.3) is 5.91 Å². The maximum absolute atomic E-state index is 12.5. The van der Waals surface area contributed by atoms with E-state index >= 15 is 0 Å². The third-order valence-electron chi connectivity index (χ3n) is 5.53. The van der Waals surface area contributed by atoms with Crippen LogP contribution >= 0.6 is 0 Å².